The molecule has 1 aromatic heterocycles. The van der Waals surface area contributed by atoms with E-state index < -0.39 is 5.60 Å². The maximum atomic E-state index is 12.5. The fourth-order valence-corrected chi connectivity index (χ4v) is 3.34. The molecule has 0 aliphatic carbocycles. The fraction of sp³-hybridized carbons (Fsp3) is 0.737. The predicted molar refractivity (Wildman–Crippen MR) is 99.8 cm³/mol. The summed E-state index contributed by atoms with van der Waals surface area (Å²) in [7, 11) is 0. The van der Waals surface area contributed by atoms with Crippen molar-refractivity contribution in [3.8, 4) is 0 Å². The molecule has 2 atom stereocenters. The lowest BCUT2D eigenvalue weighted by Gasteiger charge is -2.28. The zero-order chi connectivity index (χ0) is 19.5. The van der Waals surface area contributed by atoms with E-state index in [0.717, 1.165) is 24.4 Å². The van der Waals surface area contributed by atoms with Crippen LogP contribution in [-0.2, 0) is 16.1 Å². The molecule has 26 heavy (non-hydrogen) atoms. The van der Waals surface area contributed by atoms with Crippen molar-refractivity contribution in [3.05, 3.63) is 17.5 Å². The van der Waals surface area contributed by atoms with Gasteiger partial charge in [0.2, 0.25) is 5.91 Å². The molecule has 7 nitrogen and oxygen atoms in total. The summed E-state index contributed by atoms with van der Waals surface area (Å²) in [6.07, 6.45) is 1.15. The van der Waals surface area contributed by atoms with Crippen LogP contribution in [0.25, 0.3) is 0 Å². The summed E-state index contributed by atoms with van der Waals surface area (Å²) in [4.78, 5) is 26.4. The summed E-state index contributed by atoms with van der Waals surface area (Å²) in [5.41, 5.74) is 1.61. The van der Waals surface area contributed by atoms with E-state index in [1.54, 1.807) is 4.90 Å². The first-order valence-corrected chi connectivity index (χ1v) is 9.37. The fourth-order valence-electron chi connectivity index (χ4n) is 3.34. The first-order valence-electron chi connectivity index (χ1n) is 9.37. The number of aryl methyl sites for hydroxylation is 3. The van der Waals surface area contributed by atoms with Crippen molar-refractivity contribution < 1.29 is 14.3 Å². The van der Waals surface area contributed by atoms with Crippen molar-refractivity contribution in [2.45, 2.75) is 72.6 Å². The molecule has 1 saturated heterocycles. The smallest absolute Gasteiger partial charge is 0.410 e. The zero-order valence-electron chi connectivity index (χ0n) is 16.8. The Morgan fingerprint density at radius 3 is 2.62 bits per heavy atom. The standard InChI is InChI=1S/C19H32N4O3/c1-13-12-14(2)23(21-13)10-7-9-20-17(24)16-8-11-22(15(16)3)18(25)26-19(4,5)6/h12,15-16H,7-11H2,1-6H3,(H,20,24). The summed E-state index contributed by atoms with van der Waals surface area (Å²) < 4.78 is 7.39. The number of nitrogens with one attached hydrogen (secondary N) is 1. The molecular formula is C19H32N4O3. The molecule has 1 N–H and O–H groups in total. The van der Waals surface area contributed by atoms with Crippen molar-refractivity contribution in [1.82, 2.24) is 20.0 Å². The van der Waals surface area contributed by atoms with Gasteiger partial charge in [0.15, 0.2) is 0 Å². The molecule has 2 heterocycles. The number of ether oxygens (including phenoxy) is 1. The Hall–Kier alpha value is -2.05. The maximum absolute atomic E-state index is 12.5. The summed E-state index contributed by atoms with van der Waals surface area (Å²) in [6.45, 7) is 13.4. The van der Waals surface area contributed by atoms with Gasteiger partial charge in [0.25, 0.3) is 0 Å². The molecule has 1 aliphatic heterocycles. The maximum Gasteiger partial charge on any atom is 0.410 e. The van der Waals surface area contributed by atoms with Crippen LogP contribution in [0, 0.1) is 19.8 Å². The van der Waals surface area contributed by atoms with Crippen LogP contribution in [-0.4, -0.2) is 51.4 Å². The van der Waals surface area contributed by atoms with E-state index in [2.05, 4.69) is 10.4 Å². The molecule has 2 rings (SSSR count). The molecule has 1 fully saturated rings. The lowest BCUT2D eigenvalue weighted by Crippen LogP contribution is -2.43. The molecule has 0 spiro atoms. The van der Waals surface area contributed by atoms with E-state index in [1.165, 1.54) is 0 Å². The Balaban J connectivity index is 1.77. The van der Waals surface area contributed by atoms with E-state index >= 15 is 0 Å². The Morgan fingerprint density at radius 2 is 2.04 bits per heavy atom. The first-order chi connectivity index (χ1) is 12.1. The number of hydrogen-bond acceptors (Lipinski definition) is 4. The number of carbonyl (C=O) groups is 2. The van der Waals surface area contributed by atoms with Gasteiger partial charge in [-0.1, -0.05) is 0 Å². The minimum atomic E-state index is -0.528. The van der Waals surface area contributed by atoms with Crippen LogP contribution >= 0.6 is 0 Å². The van der Waals surface area contributed by atoms with Gasteiger partial charge < -0.3 is 15.0 Å². The van der Waals surface area contributed by atoms with Crippen LogP contribution in [0.5, 0.6) is 0 Å². The van der Waals surface area contributed by atoms with Crippen LogP contribution in [0.4, 0.5) is 4.79 Å². The minimum absolute atomic E-state index is 0.0110. The summed E-state index contributed by atoms with van der Waals surface area (Å²) in [5, 5.41) is 7.42. The van der Waals surface area contributed by atoms with E-state index in [0.29, 0.717) is 19.5 Å². The van der Waals surface area contributed by atoms with E-state index in [4.69, 9.17) is 4.74 Å². The van der Waals surface area contributed by atoms with Gasteiger partial charge in [-0.2, -0.15) is 5.10 Å². The largest absolute Gasteiger partial charge is 0.444 e. The number of carbonyl (C=O) groups excluding carboxylic acids is 2. The van der Waals surface area contributed by atoms with Crippen LogP contribution in [0.2, 0.25) is 0 Å². The van der Waals surface area contributed by atoms with E-state index in [9.17, 15) is 9.59 Å². The molecule has 0 radical (unpaired) electrons. The molecular weight excluding hydrogens is 332 g/mol. The Kier molecular flexibility index (Phi) is 6.31. The van der Waals surface area contributed by atoms with Crippen molar-refractivity contribution in [3.63, 3.8) is 0 Å². The number of aromatic nitrogens is 2. The average molecular weight is 364 g/mol. The van der Waals surface area contributed by atoms with Gasteiger partial charge >= 0.3 is 6.09 Å². The molecule has 2 unspecified atom stereocenters. The number of nitrogens with zero attached hydrogens (tertiary/aromatic N) is 3. The number of amides is 2. The summed E-state index contributed by atoms with van der Waals surface area (Å²) >= 11 is 0. The highest BCUT2D eigenvalue weighted by atomic mass is 16.6. The van der Waals surface area contributed by atoms with Gasteiger partial charge in [0.05, 0.1) is 11.6 Å². The van der Waals surface area contributed by atoms with Crippen molar-refractivity contribution in [2.24, 2.45) is 5.92 Å². The van der Waals surface area contributed by atoms with E-state index in [1.807, 2.05) is 52.3 Å². The predicted octanol–water partition coefficient (Wildman–Crippen LogP) is 2.65. The van der Waals surface area contributed by atoms with Crippen LogP contribution < -0.4 is 5.32 Å². The van der Waals surface area contributed by atoms with E-state index in [-0.39, 0.29) is 24.0 Å². The second kappa shape index (κ2) is 8.10. The van der Waals surface area contributed by atoms with Gasteiger partial charge in [0.1, 0.15) is 5.60 Å². The molecule has 0 saturated carbocycles. The summed E-state index contributed by atoms with van der Waals surface area (Å²) in [5.74, 6) is -0.173. The molecule has 0 aromatic carbocycles. The topological polar surface area (TPSA) is 76.5 Å². The lowest BCUT2D eigenvalue weighted by atomic mass is 10.0. The Labute approximate surface area is 156 Å². The lowest BCUT2D eigenvalue weighted by molar-refractivity contribution is -0.125. The third-order valence-electron chi connectivity index (χ3n) is 4.67. The third-order valence-corrected chi connectivity index (χ3v) is 4.67. The van der Waals surface area contributed by atoms with Gasteiger partial charge in [-0.15, -0.1) is 0 Å². The van der Waals surface area contributed by atoms with Gasteiger partial charge in [-0.25, -0.2) is 4.79 Å². The minimum Gasteiger partial charge on any atom is -0.444 e. The van der Waals surface area contributed by atoms with Crippen molar-refractivity contribution in [1.29, 1.82) is 0 Å². The van der Waals surface area contributed by atoms with Gasteiger partial charge in [0, 0.05) is 31.4 Å². The van der Waals surface area contributed by atoms with Gasteiger partial charge in [-0.05, 0) is 60.5 Å². The highest BCUT2D eigenvalue weighted by Gasteiger charge is 2.39. The number of rotatable bonds is 5. The average Bonchev–Trinajstić information content (AvgIpc) is 3.04. The third kappa shape index (κ3) is 5.22. The van der Waals surface area contributed by atoms with Crippen molar-refractivity contribution in [2.75, 3.05) is 13.1 Å². The number of likely N-dealkylation sites (tertiary alicyclic amines) is 1. The Bertz CT molecular complexity index is 648. The normalized spacial score (nSPS) is 20.3. The quantitative estimate of drug-likeness (QED) is 0.815. The van der Waals surface area contributed by atoms with Crippen LogP contribution in [0.3, 0.4) is 0 Å². The first kappa shape index (κ1) is 20.3. The molecule has 146 valence electrons. The molecule has 1 aliphatic rings. The molecule has 0 bridgehead atoms. The van der Waals surface area contributed by atoms with Gasteiger partial charge in [-0.3, -0.25) is 9.48 Å². The highest BCUT2D eigenvalue weighted by molar-refractivity contribution is 5.81. The molecule has 7 heteroatoms. The van der Waals surface area contributed by atoms with Crippen LogP contribution in [0.15, 0.2) is 6.07 Å². The zero-order valence-corrected chi connectivity index (χ0v) is 16.8. The second-order valence-corrected chi connectivity index (χ2v) is 8.10. The molecule has 2 amide bonds. The number of hydrogen-bond donors (Lipinski definition) is 1. The molecule has 1 aromatic rings. The van der Waals surface area contributed by atoms with Crippen LogP contribution in [0.1, 0.15) is 51.9 Å². The monoisotopic (exact) mass is 364 g/mol. The SMILES string of the molecule is Cc1cc(C)n(CCCNC(=O)C2CCN(C(=O)OC(C)(C)C)C2C)n1. The summed E-state index contributed by atoms with van der Waals surface area (Å²) in [6, 6.07) is 1.89. The highest BCUT2D eigenvalue weighted by Crippen LogP contribution is 2.26. The Morgan fingerprint density at radius 1 is 1.35 bits per heavy atom. The van der Waals surface area contributed by atoms with Crippen molar-refractivity contribution >= 4 is 12.0 Å². The second-order valence-electron chi connectivity index (χ2n) is 8.10.